The van der Waals surface area contributed by atoms with E-state index in [4.69, 9.17) is 9.97 Å². The van der Waals surface area contributed by atoms with E-state index in [-0.39, 0.29) is 0 Å². The molecule has 0 spiro atoms. The van der Waals surface area contributed by atoms with Gasteiger partial charge in [0.05, 0.1) is 18.1 Å². The first-order chi connectivity index (χ1) is 10.2. The van der Waals surface area contributed by atoms with Crippen molar-refractivity contribution in [3.63, 3.8) is 0 Å². The number of aromatic nitrogens is 4. The van der Waals surface area contributed by atoms with Gasteiger partial charge in [-0.05, 0) is 6.92 Å². The van der Waals surface area contributed by atoms with Crippen molar-refractivity contribution in [2.75, 3.05) is 30.7 Å². The molecule has 1 saturated heterocycles. The minimum absolute atomic E-state index is 0.687. The maximum Gasteiger partial charge on any atom is 0.163 e. The SMILES string of the molecule is CCNc1nc(CN2CCSC(C)C2)nc2c1cnn2C. The molecule has 1 aliphatic heterocycles. The minimum atomic E-state index is 0.687. The van der Waals surface area contributed by atoms with Crippen LogP contribution in [0.2, 0.25) is 0 Å². The molecule has 1 N–H and O–H groups in total. The Kier molecular flexibility index (Phi) is 4.30. The summed E-state index contributed by atoms with van der Waals surface area (Å²) in [4.78, 5) is 11.8. The van der Waals surface area contributed by atoms with E-state index in [0.717, 1.165) is 48.9 Å². The van der Waals surface area contributed by atoms with Crippen LogP contribution in [0.25, 0.3) is 11.0 Å². The van der Waals surface area contributed by atoms with Gasteiger partial charge in [0.25, 0.3) is 0 Å². The first kappa shape index (κ1) is 14.6. The summed E-state index contributed by atoms with van der Waals surface area (Å²) in [5.74, 6) is 2.96. The smallest absolute Gasteiger partial charge is 0.163 e. The van der Waals surface area contributed by atoms with Gasteiger partial charge in [0.1, 0.15) is 11.6 Å². The molecule has 0 radical (unpaired) electrons. The van der Waals surface area contributed by atoms with Gasteiger partial charge in [-0.3, -0.25) is 9.58 Å². The fraction of sp³-hybridized carbons (Fsp3) is 0.643. The molecule has 0 saturated carbocycles. The zero-order valence-corrected chi connectivity index (χ0v) is 13.7. The summed E-state index contributed by atoms with van der Waals surface area (Å²) in [7, 11) is 1.93. The lowest BCUT2D eigenvalue weighted by Crippen LogP contribution is -2.36. The van der Waals surface area contributed by atoms with Crippen LogP contribution in [0.15, 0.2) is 6.20 Å². The highest BCUT2D eigenvalue weighted by Crippen LogP contribution is 2.22. The van der Waals surface area contributed by atoms with Crippen molar-refractivity contribution in [1.82, 2.24) is 24.6 Å². The van der Waals surface area contributed by atoms with Crippen LogP contribution in [0.4, 0.5) is 5.82 Å². The lowest BCUT2D eigenvalue weighted by Gasteiger charge is -2.29. The molecule has 21 heavy (non-hydrogen) atoms. The largest absolute Gasteiger partial charge is 0.370 e. The molecular formula is C14H22N6S. The van der Waals surface area contributed by atoms with E-state index in [1.807, 2.05) is 29.7 Å². The molecule has 2 aromatic heterocycles. The van der Waals surface area contributed by atoms with Crippen molar-refractivity contribution >= 4 is 28.6 Å². The van der Waals surface area contributed by atoms with Crippen LogP contribution in [-0.2, 0) is 13.6 Å². The number of hydrogen-bond donors (Lipinski definition) is 1. The van der Waals surface area contributed by atoms with Gasteiger partial charge in [-0.1, -0.05) is 6.92 Å². The van der Waals surface area contributed by atoms with E-state index in [9.17, 15) is 0 Å². The number of anilines is 1. The molecule has 2 aromatic rings. The molecule has 6 nitrogen and oxygen atoms in total. The van der Waals surface area contributed by atoms with Crippen molar-refractivity contribution in [2.24, 2.45) is 7.05 Å². The van der Waals surface area contributed by atoms with Gasteiger partial charge in [-0.15, -0.1) is 0 Å². The lowest BCUT2D eigenvalue weighted by atomic mass is 10.3. The Hall–Kier alpha value is -1.34. The zero-order chi connectivity index (χ0) is 14.8. The predicted molar refractivity (Wildman–Crippen MR) is 87.7 cm³/mol. The summed E-state index contributed by atoms with van der Waals surface area (Å²) >= 11 is 2.04. The Balaban J connectivity index is 1.89. The molecular weight excluding hydrogens is 284 g/mol. The van der Waals surface area contributed by atoms with Crippen molar-refractivity contribution in [2.45, 2.75) is 25.6 Å². The number of thioether (sulfide) groups is 1. The van der Waals surface area contributed by atoms with E-state index in [2.05, 4.69) is 29.2 Å². The fourth-order valence-corrected chi connectivity index (χ4v) is 3.76. The van der Waals surface area contributed by atoms with Crippen LogP contribution in [-0.4, -0.2) is 55.3 Å². The summed E-state index contributed by atoms with van der Waals surface area (Å²) in [5, 5.41) is 9.30. The Labute approximate surface area is 129 Å². The minimum Gasteiger partial charge on any atom is -0.370 e. The second kappa shape index (κ2) is 6.19. The fourth-order valence-electron chi connectivity index (χ4n) is 2.67. The van der Waals surface area contributed by atoms with Gasteiger partial charge >= 0.3 is 0 Å². The summed E-state index contributed by atoms with van der Waals surface area (Å²) in [5.41, 5.74) is 0.899. The highest BCUT2D eigenvalue weighted by molar-refractivity contribution is 7.99. The quantitative estimate of drug-likeness (QED) is 0.928. The molecule has 7 heteroatoms. The number of rotatable bonds is 4. The van der Waals surface area contributed by atoms with Crippen LogP contribution in [0.5, 0.6) is 0 Å². The van der Waals surface area contributed by atoms with Crippen LogP contribution in [0.3, 0.4) is 0 Å². The molecule has 0 amide bonds. The number of hydrogen-bond acceptors (Lipinski definition) is 6. The Morgan fingerprint density at radius 2 is 2.29 bits per heavy atom. The number of nitrogens with one attached hydrogen (secondary N) is 1. The first-order valence-corrected chi connectivity index (χ1v) is 8.48. The number of nitrogens with zero attached hydrogens (tertiary/aromatic N) is 5. The average molecular weight is 306 g/mol. The van der Waals surface area contributed by atoms with Gasteiger partial charge in [0.15, 0.2) is 5.65 Å². The Morgan fingerprint density at radius 1 is 1.43 bits per heavy atom. The van der Waals surface area contributed by atoms with Gasteiger partial charge in [-0.25, -0.2) is 9.97 Å². The monoisotopic (exact) mass is 306 g/mol. The van der Waals surface area contributed by atoms with Gasteiger partial charge in [-0.2, -0.15) is 16.9 Å². The molecule has 1 unspecified atom stereocenters. The number of aryl methyl sites for hydroxylation is 1. The molecule has 0 bridgehead atoms. The first-order valence-electron chi connectivity index (χ1n) is 7.43. The van der Waals surface area contributed by atoms with E-state index in [0.29, 0.717) is 5.25 Å². The summed E-state index contributed by atoms with van der Waals surface area (Å²) in [6, 6.07) is 0. The standard InChI is InChI=1S/C14H22N6S/c1-4-15-13-11-7-16-19(3)14(11)18-12(17-13)9-20-5-6-21-10(2)8-20/h7,10H,4-6,8-9H2,1-3H3,(H,15,17,18). The molecule has 1 aliphatic rings. The molecule has 0 aliphatic carbocycles. The second-order valence-corrected chi connectivity index (χ2v) is 6.99. The maximum atomic E-state index is 4.70. The maximum absolute atomic E-state index is 4.70. The number of fused-ring (bicyclic) bond motifs is 1. The third-order valence-electron chi connectivity index (χ3n) is 3.67. The van der Waals surface area contributed by atoms with Gasteiger partial charge < -0.3 is 5.32 Å². The summed E-state index contributed by atoms with van der Waals surface area (Å²) in [6.45, 7) is 8.23. The zero-order valence-electron chi connectivity index (χ0n) is 12.8. The normalized spacial score (nSPS) is 20.0. The van der Waals surface area contributed by atoms with Crippen molar-refractivity contribution in [1.29, 1.82) is 0 Å². The molecule has 0 aromatic carbocycles. The van der Waals surface area contributed by atoms with E-state index >= 15 is 0 Å². The van der Waals surface area contributed by atoms with Crippen LogP contribution in [0.1, 0.15) is 19.7 Å². The van der Waals surface area contributed by atoms with E-state index < -0.39 is 0 Å². The van der Waals surface area contributed by atoms with E-state index in [1.54, 1.807) is 0 Å². The van der Waals surface area contributed by atoms with Crippen molar-refractivity contribution in [3.8, 4) is 0 Å². The Morgan fingerprint density at radius 3 is 3.05 bits per heavy atom. The molecule has 1 atom stereocenters. The topological polar surface area (TPSA) is 58.9 Å². The Bertz CT molecular complexity index is 625. The third kappa shape index (κ3) is 3.13. The average Bonchev–Trinajstić information content (AvgIpc) is 2.81. The van der Waals surface area contributed by atoms with Gasteiger partial charge in [0.2, 0.25) is 0 Å². The molecule has 1 fully saturated rings. The summed E-state index contributed by atoms with van der Waals surface area (Å²) in [6.07, 6.45) is 1.83. The highest BCUT2D eigenvalue weighted by Gasteiger charge is 2.19. The van der Waals surface area contributed by atoms with Crippen molar-refractivity contribution in [3.05, 3.63) is 12.0 Å². The van der Waals surface area contributed by atoms with Crippen LogP contribution in [0, 0.1) is 0 Å². The van der Waals surface area contributed by atoms with E-state index in [1.165, 1.54) is 5.75 Å². The third-order valence-corrected chi connectivity index (χ3v) is 4.81. The predicted octanol–water partition coefficient (Wildman–Crippen LogP) is 1.73. The van der Waals surface area contributed by atoms with Crippen LogP contribution >= 0.6 is 11.8 Å². The lowest BCUT2D eigenvalue weighted by molar-refractivity contribution is 0.272. The summed E-state index contributed by atoms with van der Waals surface area (Å²) < 4.78 is 1.82. The van der Waals surface area contributed by atoms with Crippen molar-refractivity contribution < 1.29 is 0 Å². The molecule has 3 rings (SSSR count). The highest BCUT2D eigenvalue weighted by atomic mass is 32.2. The van der Waals surface area contributed by atoms with Gasteiger partial charge in [0, 0.05) is 37.7 Å². The molecule has 114 valence electrons. The molecule has 3 heterocycles. The second-order valence-electron chi connectivity index (χ2n) is 5.44. The van der Waals surface area contributed by atoms with Crippen LogP contribution < -0.4 is 5.32 Å².